The van der Waals surface area contributed by atoms with Crippen LogP contribution < -0.4 is 0 Å². The minimum absolute atomic E-state index is 0.0288. The van der Waals surface area contributed by atoms with Gasteiger partial charge in [-0.3, -0.25) is 10.00 Å². The smallest absolute Gasteiger partial charge is 0.167 e. The van der Waals surface area contributed by atoms with Crippen molar-refractivity contribution >= 4 is 23.2 Å². The van der Waals surface area contributed by atoms with E-state index in [0.717, 1.165) is 23.6 Å². The molecule has 7 heteroatoms. The zero-order chi connectivity index (χ0) is 15.7. The average molecular weight is 341 g/mol. The molecule has 1 aliphatic rings. The van der Waals surface area contributed by atoms with Crippen LogP contribution in [0.1, 0.15) is 36.6 Å². The highest BCUT2D eigenvalue weighted by molar-refractivity contribution is 6.35. The molecule has 2 heterocycles. The molecule has 3 rings (SSSR count). The van der Waals surface area contributed by atoms with Gasteiger partial charge in [-0.1, -0.05) is 36.2 Å². The van der Waals surface area contributed by atoms with E-state index in [9.17, 15) is 5.11 Å². The van der Waals surface area contributed by atoms with Gasteiger partial charge in [0.25, 0.3) is 0 Å². The number of aliphatic hydroxyl groups excluding tert-OH is 1. The van der Waals surface area contributed by atoms with Gasteiger partial charge in [-0.15, -0.1) is 0 Å². The number of aryl methyl sites for hydroxylation is 1. The maximum atomic E-state index is 10.0. The predicted octanol–water partition coefficient (Wildman–Crippen LogP) is 2.98. The molecule has 2 atom stereocenters. The Morgan fingerprint density at radius 1 is 1.36 bits per heavy atom. The second kappa shape index (κ2) is 6.54. The van der Waals surface area contributed by atoms with E-state index in [1.165, 1.54) is 0 Å². The molecule has 5 nitrogen and oxygen atoms in total. The summed E-state index contributed by atoms with van der Waals surface area (Å²) in [4.78, 5) is 6.62. The van der Waals surface area contributed by atoms with Gasteiger partial charge in [0.15, 0.2) is 5.82 Å². The molecule has 2 aromatic rings. The lowest BCUT2D eigenvalue weighted by atomic mass is 10.1. The van der Waals surface area contributed by atoms with E-state index in [2.05, 4.69) is 20.1 Å². The first kappa shape index (κ1) is 15.7. The number of nitrogens with zero attached hydrogens (tertiary/aromatic N) is 3. The first-order chi connectivity index (χ1) is 10.6. The van der Waals surface area contributed by atoms with Gasteiger partial charge in [0, 0.05) is 35.1 Å². The molecule has 0 spiro atoms. The number of aromatic amines is 1. The van der Waals surface area contributed by atoms with Crippen LogP contribution in [0.3, 0.4) is 0 Å². The molecule has 0 amide bonds. The SMILES string of the molecule is CCc1nc([C@@H]2C[C@@H](O)CN2Cc2c(Cl)cccc2Cl)n[nH]1. The number of likely N-dealkylation sites (tertiary alicyclic amines) is 1. The summed E-state index contributed by atoms with van der Waals surface area (Å²) in [5.74, 6) is 1.57. The van der Waals surface area contributed by atoms with Gasteiger partial charge in [-0.05, 0) is 18.6 Å². The fourth-order valence-corrected chi connectivity index (χ4v) is 3.34. The second-order valence-corrected chi connectivity index (χ2v) is 6.34. The number of hydrogen-bond acceptors (Lipinski definition) is 4. The average Bonchev–Trinajstić information content (AvgIpc) is 3.09. The molecule has 1 aliphatic heterocycles. The molecule has 1 saturated heterocycles. The van der Waals surface area contributed by atoms with Gasteiger partial charge < -0.3 is 5.11 Å². The van der Waals surface area contributed by atoms with Crippen molar-refractivity contribution in [2.45, 2.75) is 38.5 Å². The van der Waals surface area contributed by atoms with Crippen LogP contribution in [-0.2, 0) is 13.0 Å². The summed E-state index contributed by atoms with van der Waals surface area (Å²) in [5, 5.41) is 18.5. The number of rotatable bonds is 4. The lowest BCUT2D eigenvalue weighted by molar-refractivity contribution is 0.172. The summed E-state index contributed by atoms with van der Waals surface area (Å²) in [6.07, 6.45) is 1.02. The third kappa shape index (κ3) is 3.13. The van der Waals surface area contributed by atoms with Crippen molar-refractivity contribution in [2.75, 3.05) is 6.54 Å². The Bertz CT molecular complexity index is 640. The third-order valence-electron chi connectivity index (χ3n) is 3.99. The lowest BCUT2D eigenvalue weighted by Gasteiger charge is -2.23. The molecule has 1 fully saturated rings. The quantitative estimate of drug-likeness (QED) is 0.897. The van der Waals surface area contributed by atoms with Crippen LogP contribution in [0.25, 0.3) is 0 Å². The standard InChI is InChI=1S/C15H18Cl2N4O/c1-2-14-18-15(20-19-14)13-6-9(22)7-21(13)8-10-11(16)4-3-5-12(10)17/h3-5,9,13,22H,2,6-8H2,1H3,(H,18,19,20)/t9-,13+/m1/s1. The van der Waals surface area contributed by atoms with Crippen molar-refractivity contribution < 1.29 is 5.11 Å². The molecule has 0 unspecified atom stereocenters. The Balaban J connectivity index is 1.84. The first-order valence-corrected chi connectivity index (χ1v) is 8.10. The topological polar surface area (TPSA) is 65.0 Å². The van der Waals surface area contributed by atoms with Gasteiger partial charge in [0.2, 0.25) is 0 Å². The Morgan fingerprint density at radius 3 is 2.73 bits per heavy atom. The molecular weight excluding hydrogens is 323 g/mol. The van der Waals surface area contributed by atoms with Crippen LogP contribution in [0.2, 0.25) is 10.0 Å². The summed E-state index contributed by atoms with van der Waals surface area (Å²) in [6.45, 7) is 3.15. The fraction of sp³-hybridized carbons (Fsp3) is 0.467. The van der Waals surface area contributed by atoms with E-state index in [0.29, 0.717) is 29.6 Å². The van der Waals surface area contributed by atoms with Gasteiger partial charge in [0.1, 0.15) is 5.82 Å². The molecule has 0 bridgehead atoms. The third-order valence-corrected chi connectivity index (χ3v) is 4.69. The van der Waals surface area contributed by atoms with E-state index >= 15 is 0 Å². The van der Waals surface area contributed by atoms with Crippen LogP contribution in [0.4, 0.5) is 0 Å². The summed E-state index contributed by atoms with van der Waals surface area (Å²) in [6, 6.07) is 5.45. The Kier molecular flexibility index (Phi) is 4.68. The van der Waals surface area contributed by atoms with Gasteiger partial charge in [-0.2, -0.15) is 5.10 Å². The highest BCUT2D eigenvalue weighted by atomic mass is 35.5. The maximum Gasteiger partial charge on any atom is 0.167 e. The molecule has 1 aromatic heterocycles. The molecule has 118 valence electrons. The van der Waals surface area contributed by atoms with Crippen molar-refractivity contribution in [1.82, 2.24) is 20.1 Å². The van der Waals surface area contributed by atoms with E-state index in [-0.39, 0.29) is 6.04 Å². The van der Waals surface area contributed by atoms with E-state index in [4.69, 9.17) is 23.2 Å². The zero-order valence-corrected chi connectivity index (χ0v) is 13.8. The summed E-state index contributed by atoms with van der Waals surface area (Å²) >= 11 is 12.5. The summed E-state index contributed by atoms with van der Waals surface area (Å²) in [5.41, 5.74) is 0.871. The Morgan fingerprint density at radius 2 is 2.09 bits per heavy atom. The number of hydrogen-bond donors (Lipinski definition) is 2. The normalized spacial score (nSPS) is 22.4. The minimum atomic E-state index is -0.394. The molecular formula is C15H18Cl2N4O. The zero-order valence-electron chi connectivity index (χ0n) is 12.3. The maximum absolute atomic E-state index is 10.0. The number of H-pyrrole nitrogens is 1. The monoisotopic (exact) mass is 340 g/mol. The lowest BCUT2D eigenvalue weighted by Crippen LogP contribution is -2.25. The highest BCUT2D eigenvalue weighted by Gasteiger charge is 2.35. The van der Waals surface area contributed by atoms with Crippen LogP contribution in [0, 0.1) is 0 Å². The first-order valence-electron chi connectivity index (χ1n) is 7.34. The largest absolute Gasteiger partial charge is 0.392 e. The van der Waals surface area contributed by atoms with Crippen molar-refractivity contribution in [1.29, 1.82) is 0 Å². The molecule has 0 radical (unpaired) electrons. The fourth-order valence-electron chi connectivity index (χ4n) is 2.83. The molecule has 1 aromatic carbocycles. The van der Waals surface area contributed by atoms with Gasteiger partial charge >= 0.3 is 0 Å². The highest BCUT2D eigenvalue weighted by Crippen LogP contribution is 2.34. The predicted molar refractivity (Wildman–Crippen MR) is 86.0 cm³/mol. The number of aliphatic hydroxyl groups is 1. The van der Waals surface area contributed by atoms with Crippen LogP contribution in [0.5, 0.6) is 0 Å². The number of benzene rings is 1. The molecule has 0 saturated carbocycles. The number of nitrogens with one attached hydrogen (secondary N) is 1. The number of β-amino-alcohol motifs (C(OH)–C–C–N with tert-alkyl or cyclic N) is 1. The van der Waals surface area contributed by atoms with Crippen molar-refractivity contribution in [3.63, 3.8) is 0 Å². The van der Waals surface area contributed by atoms with Crippen LogP contribution in [-0.4, -0.2) is 37.8 Å². The van der Waals surface area contributed by atoms with E-state index in [1.54, 1.807) is 0 Å². The number of aromatic nitrogens is 3. The van der Waals surface area contributed by atoms with E-state index in [1.807, 2.05) is 25.1 Å². The summed E-state index contributed by atoms with van der Waals surface area (Å²) < 4.78 is 0. The van der Waals surface area contributed by atoms with Crippen molar-refractivity contribution in [2.24, 2.45) is 0 Å². The second-order valence-electron chi connectivity index (χ2n) is 5.53. The summed E-state index contributed by atoms with van der Waals surface area (Å²) in [7, 11) is 0. The van der Waals surface area contributed by atoms with Gasteiger partial charge in [0.05, 0.1) is 12.1 Å². The molecule has 0 aliphatic carbocycles. The van der Waals surface area contributed by atoms with Crippen LogP contribution >= 0.6 is 23.2 Å². The van der Waals surface area contributed by atoms with E-state index < -0.39 is 6.10 Å². The van der Waals surface area contributed by atoms with Crippen molar-refractivity contribution in [3.8, 4) is 0 Å². The molecule has 22 heavy (non-hydrogen) atoms. The minimum Gasteiger partial charge on any atom is -0.392 e. The molecule has 2 N–H and O–H groups in total. The number of halogens is 2. The van der Waals surface area contributed by atoms with Crippen LogP contribution in [0.15, 0.2) is 18.2 Å². The Labute approximate surface area is 139 Å². The van der Waals surface area contributed by atoms with Gasteiger partial charge in [-0.25, -0.2) is 4.98 Å². The van der Waals surface area contributed by atoms with Crippen molar-refractivity contribution in [3.05, 3.63) is 45.5 Å². The Hall–Kier alpha value is -1.14.